The number of halogens is 2. The lowest BCUT2D eigenvalue weighted by Crippen LogP contribution is -2.44. The van der Waals surface area contributed by atoms with Crippen LogP contribution in [-0.4, -0.2) is 122 Å². The zero-order chi connectivity index (χ0) is 46.9. The van der Waals surface area contributed by atoms with Gasteiger partial charge in [0.15, 0.2) is 22.6 Å². The summed E-state index contributed by atoms with van der Waals surface area (Å²) in [4.78, 5) is 89.3. The van der Waals surface area contributed by atoms with Gasteiger partial charge in [-0.25, -0.2) is 29.0 Å². The first-order valence-electron chi connectivity index (χ1n) is 18.4. The van der Waals surface area contributed by atoms with Gasteiger partial charge in [0.25, 0.3) is 10.6 Å². The number of nitrogens with zero attached hydrogens (tertiary/aromatic N) is 5. The summed E-state index contributed by atoms with van der Waals surface area (Å²) in [7, 11) is 0. The Morgan fingerprint density at radius 3 is 1.91 bits per heavy atom. The number of amides is 2. The lowest BCUT2D eigenvalue weighted by atomic mass is 10.2. The average Bonchev–Trinajstić information content (AvgIpc) is 3.93. The van der Waals surface area contributed by atoms with Crippen LogP contribution in [0.25, 0.3) is 22.2 Å². The van der Waals surface area contributed by atoms with E-state index in [0.29, 0.717) is 50.2 Å². The molecule has 5 aromatic heterocycles. The van der Waals surface area contributed by atoms with E-state index in [1.165, 1.54) is 17.8 Å². The monoisotopic (exact) mass is 1000 g/mol. The van der Waals surface area contributed by atoms with Crippen LogP contribution in [0.15, 0.2) is 79.2 Å². The quantitative estimate of drug-likeness (QED) is 0.0539. The molecule has 0 unspecified atom stereocenters. The molecule has 0 fully saturated rings. The van der Waals surface area contributed by atoms with E-state index in [4.69, 9.17) is 40.1 Å². The molecule has 65 heavy (non-hydrogen) atoms. The van der Waals surface area contributed by atoms with Crippen LogP contribution < -0.4 is 16.1 Å². The molecule has 0 aromatic carbocycles. The van der Waals surface area contributed by atoms with Gasteiger partial charge in [-0.3, -0.25) is 19.8 Å². The molecule has 3 atom stereocenters. The Kier molecular flexibility index (Phi) is 23.9. The molecule has 6 N–H and O–H groups in total. The first-order valence-corrected chi connectivity index (χ1v) is 21.3. The van der Waals surface area contributed by atoms with E-state index in [2.05, 4.69) is 53.2 Å². The van der Waals surface area contributed by atoms with Crippen LogP contribution >= 0.6 is 60.2 Å². The normalized spacial score (nSPS) is 13.8. The van der Waals surface area contributed by atoms with E-state index in [0.717, 1.165) is 11.8 Å². The van der Waals surface area contributed by atoms with Gasteiger partial charge in [0.1, 0.15) is 34.3 Å². The first-order chi connectivity index (χ1) is 29.5. The summed E-state index contributed by atoms with van der Waals surface area (Å²) < 4.78 is 20.4. The SMILES string of the molecule is C.CC(C)(C)OC(=O)N[C@@H](CS)C(=O)O.CC(C)(C)OC(=O)N[C@@H](CSc1nc2cnccc2o1)C(=O)O.Cl.Clc1nc2cnccc2o1.O=C(O)[C@@H]1CSC(Cc2c[nH]ccc2=O)=N1. The number of carboxylic acid groups (broad SMARTS) is 3. The third-order valence-electron chi connectivity index (χ3n) is 7.11. The molecule has 1 aliphatic heterocycles. The summed E-state index contributed by atoms with van der Waals surface area (Å²) in [5, 5.41) is 32.2. The number of fused-ring (bicyclic) bond motifs is 2. The number of pyridine rings is 3. The Bertz CT molecular complexity index is 2370. The number of hydrogen-bond donors (Lipinski definition) is 7. The number of carboxylic acids is 3. The number of aromatic amines is 1. The van der Waals surface area contributed by atoms with E-state index in [-0.39, 0.29) is 42.1 Å². The fraction of sp³-hybridized carbons (Fsp3) is 0.410. The second-order valence-electron chi connectivity index (χ2n) is 14.6. The number of carbonyl (C=O) groups excluding carboxylic acids is 2. The van der Waals surface area contributed by atoms with Gasteiger partial charge in [-0.1, -0.05) is 19.2 Å². The van der Waals surface area contributed by atoms with Crippen molar-refractivity contribution >= 4 is 117 Å². The summed E-state index contributed by atoms with van der Waals surface area (Å²) in [6.07, 6.45) is 8.42. The van der Waals surface area contributed by atoms with E-state index >= 15 is 0 Å². The van der Waals surface area contributed by atoms with Crippen LogP contribution in [0.5, 0.6) is 0 Å². The number of nitrogens with one attached hydrogen (secondary N) is 3. The molecule has 0 spiro atoms. The molecule has 2 amide bonds. The molecule has 6 rings (SSSR count). The third kappa shape index (κ3) is 21.3. The van der Waals surface area contributed by atoms with Crippen molar-refractivity contribution < 1.29 is 57.6 Å². The first kappa shape index (κ1) is 57.5. The molecule has 0 saturated carbocycles. The lowest BCUT2D eigenvalue weighted by molar-refractivity contribution is -0.139. The Labute approximate surface area is 397 Å². The van der Waals surface area contributed by atoms with Crippen molar-refractivity contribution in [3.63, 3.8) is 0 Å². The number of aliphatic imine (C=N–C) groups is 1. The van der Waals surface area contributed by atoms with E-state index in [1.807, 2.05) is 0 Å². The smallest absolute Gasteiger partial charge is 0.408 e. The summed E-state index contributed by atoms with van der Waals surface area (Å²) >= 11 is 11.8. The minimum atomic E-state index is -1.17. The summed E-state index contributed by atoms with van der Waals surface area (Å²) in [5.41, 5.74) is 1.72. The van der Waals surface area contributed by atoms with Crippen molar-refractivity contribution in [2.45, 2.75) is 89.9 Å². The van der Waals surface area contributed by atoms with Gasteiger partial charge < -0.3 is 49.2 Å². The van der Waals surface area contributed by atoms with Gasteiger partial charge in [0.05, 0.1) is 17.4 Å². The number of ether oxygens (including phenoxy) is 2. The predicted molar refractivity (Wildman–Crippen MR) is 251 cm³/mol. The number of aromatic nitrogens is 5. The summed E-state index contributed by atoms with van der Waals surface area (Å²) in [6.45, 7) is 10.2. The summed E-state index contributed by atoms with van der Waals surface area (Å²) in [5.74, 6) is -2.69. The number of hydrogen-bond acceptors (Lipinski definition) is 18. The van der Waals surface area contributed by atoms with Crippen LogP contribution in [-0.2, 0) is 30.3 Å². The van der Waals surface area contributed by atoms with Gasteiger partial charge in [-0.15, -0.1) is 24.2 Å². The van der Waals surface area contributed by atoms with E-state index in [9.17, 15) is 33.9 Å². The predicted octanol–water partition coefficient (Wildman–Crippen LogP) is 6.64. The Morgan fingerprint density at radius 2 is 1.45 bits per heavy atom. The van der Waals surface area contributed by atoms with Crippen LogP contribution in [0, 0.1) is 0 Å². The molecule has 0 radical (unpaired) electrons. The molecular formula is C39H50Cl2N8O13S3. The second-order valence-corrected chi connectivity index (χ2v) is 17.4. The minimum absolute atomic E-state index is 0. The van der Waals surface area contributed by atoms with Crippen molar-refractivity contribution in [1.82, 2.24) is 35.6 Å². The number of thioether (sulfide) groups is 2. The Morgan fingerprint density at radius 1 is 0.908 bits per heavy atom. The number of oxazole rings is 2. The van der Waals surface area contributed by atoms with Crippen LogP contribution in [0.2, 0.25) is 5.35 Å². The second kappa shape index (κ2) is 27.0. The standard InChI is InChI=1S/C14H17N3O5S.C10H10N2O3S.C8H15NO4S.C6H3ClN2O.CH4.ClH/c1-14(2,3)22-12(20)16-9(11(18)19)7-23-13-17-8-6-15-5-4-10(8)21-13;13-8-1-2-11-4-6(8)3-9-12-7(5-16-9)10(14)15;1-8(2,3)13-7(12)9-5(4-14)6(10)11;7-6-9-4-3-8-2-1-5(4)10-6;;/h4-6,9H,7H2,1-3H3,(H,16,20)(H,18,19);1-2,4,7H,3,5H2,(H,11,13)(H,14,15);5,14H,4H2,1-3H3,(H,9,12)(H,10,11);1-3H;1H4;1H/t9-;7-;5-;;;/m000.../s1. The maximum atomic E-state index is 11.7. The molecule has 5 aromatic rings. The van der Waals surface area contributed by atoms with Crippen LogP contribution in [0.4, 0.5) is 9.59 Å². The minimum Gasteiger partial charge on any atom is -0.480 e. The topological polar surface area (TPSA) is 312 Å². The van der Waals surface area contributed by atoms with E-state index in [1.54, 1.807) is 90.9 Å². The number of carbonyl (C=O) groups is 5. The van der Waals surface area contributed by atoms with Gasteiger partial charge >= 0.3 is 30.1 Å². The fourth-order valence-corrected chi connectivity index (χ4v) is 6.68. The Balaban J connectivity index is 0.000000446. The molecule has 26 heteroatoms. The van der Waals surface area contributed by atoms with Crippen molar-refractivity contribution in [3.05, 3.63) is 76.5 Å². The largest absolute Gasteiger partial charge is 0.480 e. The maximum Gasteiger partial charge on any atom is 0.408 e. The number of thiol groups is 1. The number of H-pyrrole nitrogens is 1. The van der Waals surface area contributed by atoms with Crippen LogP contribution in [0.1, 0.15) is 54.5 Å². The number of rotatable bonds is 11. The third-order valence-corrected chi connectivity index (χ3v) is 9.62. The highest BCUT2D eigenvalue weighted by Crippen LogP contribution is 2.24. The highest BCUT2D eigenvalue weighted by molar-refractivity contribution is 8.14. The molecule has 6 heterocycles. The molecule has 0 aliphatic carbocycles. The fourth-order valence-electron chi connectivity index (χ4n) is 4.39. The highest BCUT2D eigenvalue weighted by atomic mass is 35.5. The summed E-state index contributed by atoms with van der Waals surface area (Å²) in [6, 6.07) is 2.03. The molecule has 0 bridgehead atoms. The van der Waals surface area contributed by atoms with Crippen molar-refractivity contribution in [2.75, 3.05) is 17.3 Å². The highest BCUT2D eigenvalue weighted by Gasteiger charge is 2.26. The zero-order valence-electron chi connectivity index (χ0n) is 35.0. The van der Waals surface area contributed by atoms with Gasteiger partial charge in [0.2, 0.25) is 0 Å². The number of alkyl carbamates (subject to hydrolysis) is 2. The van der Waals surface area contributed by atoms with Gasteiger partial charge in [-0.2, -0.15) is 17.6 Å². The molecule has 21 nitrogen and oxygen atoms in total. The van der Waals surface area contributed by atoms with Gasteiger partial charge in [0, 0.05) is 72.2 Å². The van der Waals surface area contributed by atoms with Crippen LogP contribution in [0.3, 0.4) is 0 Å². The molecule has 356 valence electrons. The van der Waals surface area contributed by atoms with E-state index < -0.39 is 59.4 Å². The zero-order valence-corrected chi connectivity index (χ0v) is 39.1. The average molecular weight is 1010 g/mol. The van der Waals surface area contributed by atoms with Crippen molar-refractivity contribution in [3.8, 4) is 0 Å². The molecule has 0 saturated heterocycles. The van der Waals surface area contributed by atoms with Crippen molar-refractivity contribution in [1.29, 1.82) is 0 Å². The van der Waals surface area contributed by atoms with Crippen molar-refractivity contribution in [2.24, 2.45) is 4.99 Å². The molecular weight excluding hydrogens is 956 g/mol. The maximum absolute atomic E-state index is 11.7. The lowest BCUT2D eigenvalue weighted by Gasteiger charge is -2.21. The molecule has 1 aliphatic rings. The van der Waals surface area contributed by atoms with Gasteiger partial charge in [-0.05, 0) is 53.1 Å². The number of aliphatic carboxylic acids is 3. The Hall–Kier alpha value is -5.56.